The van der Waals surface area contributed by atoms with Gasteiger partial charge in [0.2, 0.25) is 0 Å². The molecule has 1 N–H and O–H groups in total. The van der Waals surface area contributed by atoms with E-state index in [4.69, 9.17) is 21.3 Å². The molecule has 2 aromatic heterocycles. The molecule has 5 aromatic rings. The van der Waals surface area contributed by atoms with Gasteiger partial charge in [-0.1, -0.05) is 11.6 Å². The van der Waals surface area contributed by atoms with E-state index in [1.54, 1.807) is 23.7 Å². The minimum atomic E-state index is -0.892. The first kappa shape index (κ1) is 24.3. The Morgan fingerprint density at radius 1 is 1.14 bits per heavy atom. The molecule has 0 spiro atoms. The van der Waals surface area contributed by atoms with Gasteiger partial charge in [0.1, 0.15) is 16.4 Å². The van der Waals surface area contributed by atoms with Gasteiger partial charge >= 0.3 is 5.97 Å². The third-order valence-corrected chi connectivity index (χ3v) is 7.31. The summed E-state index contributed by atoms with van der Waals surface area (Å²) < 4.78 is 9.19. The number of hydrogen-bond donors (Lipinski definition) is 1. The molecule has 2 heterocycles. The second-order valence-corrected chi connectivity index (χ2v) is 11.3. The summed E-state index contributed by atoms with van der Waals surface area (Å²) in [5.41, 5.74) is 6.50. The molecule has 0 aliphatic heterocycles. The molecule has 0 saturated carbocycles. The highest BCUT2D eigenvalue weighted by molar-refractivity contribution is 7.22. The van der Waals surface area contributed by atoms with Gasteiger partial charge in [-0.25, -0.2) is 9.97 Å². The van der Waals surface area contributed by atoms with Gasteiger partial charge in [-0.05, 0) is 81.3 Å². The van der Waals surface area contributed by atoms with E-state index < -0.39 is 11.6 Å². The lowest BCUT2D eigenvalue weighted by Gasteiger charge is -2.24. The van der Waals surface area contributed by atoms with Gasteiger partial charge in [-0.15, -0.1) is 11.3 Å². The number of nitrogens with zero attached hydrogens (tertiary/aromatic N) is 3. The molecule has 5 rings (SSSR count). The van der Waals surface area contributed by atoms with Crippen LogP contribution in [-0.4, -0.2) is 31.2 Å². The Bertz CT molecular complexity index is 1650. The summed E-state index contributed by atoms with van der Waals surface area (Å²) in [6.45, 7) is 7.85. The number of fused-ring (bicyclic) bond motifs is 2. The Labute approximate surface area is 218 Å². The number of aromatic nitrogens is 3. The van der Waals surface area contributed by atoms with Crippen molar-refractivity contribution in [2.45, 2.75) is 39.7 Å². The Hall–Kier alpha value is -3.42. The molecular formula is C28H26ClN3O3S. The average Bonchev–Trinajstić information content (AvgIpc) is 3.37. The van der Waals surface area contributed by atoms with Crippen molar-refractivity contribution in [1.82, 2.24) is 14.5 Å². The number of imidazole rings is 1. The van der Waals surface area contributed by atoms with Crippen molar-refractivity contribution in [2.75, 3.05) is 0 Å². The summed E-state index contributed by atoms with van der Waals surface area (Å²) in [6, 6.07) is 13.6. The largest absolute Gasteiger partial charge is 0.487 e. The van der Waals surface area contributed by atoms with Gasteiger partial charge in [0.05, 0.1) is 34.0 Å². The first-order valence-electron chi connectivity index (χ1n) is 11.6. The van der Waals surface area contributed by atoms with Gasteiger partial charge in [0.25, 0.3) is 0 Å². The molecule has 0 aliphatic carbocycles. The zero-order valence-corrected chi connectivity index (χ0v) is 22.3. The normalized spacial score (nSPS) is 11.9. The summed E-state index contributed by atoms with van der Waals surface area (Å²) >= 11 is 7.89. The second kappa shape index (κ2) is 8.91. The Balaban J connectivity index is 1.78. The maximum atomic E-state index is 11.9. The zero-order valence-electron chi connectivity index (χ0n) is 20.7. The molecule has 8 heteroatoms. The maximum Gasteiger partial charge on any atom is 0.307 e. The van der Waals surface area contributed by atoms with Crippen LogP contribution < -0.4 is 4.74 Å². The average molecular weight is 520 g/mol. The molecule has 3 aromatic carbocycles. The molecule has 0 saturated heterocycles. The van der Waals surface area contributed by atoms with E-state index >= 15 is 0 Å². The van der Waals surface area contributed by atoms with Crippen molar-refractivity contribution in [1.29, 1.82) is 0 Å². The molecular weight excluding hydrogens is 494 g/mol. The third-order valence-electron chi connectivity index (χ3n) is 5.94. The topological polar surface area (TPSA) is 77.2 Å². The zero-order chi connectivity index (χ0) is 25.8. The van der Waals surface area contributed by atoms with Gasteiger partial charge in [0.15, 0.2) is 0 Å². The van der Waals surface area contributed by atoms with Crippen LogP contribution in [-0.2, 0) is 18.3 Å². The summed E-state index contributed by atoms with van der Waals surface area (Å²) in [7, 11) is 1.97. The lowest BCUT2D eigenvalue weighted by atomic mass is 9.92. The minimum Gasteiger partial charge on any atom is -0.487 e. The summed E-state index contributed by atoms with van der Waals surface area (Å²) in [5, 5.41) is 11.1. The van der Waals surface area contributed by atoms with Gasteiger partial charge < -0.3 is 14.4 Å². The predicted molar refractivity (Wildman–Crippen MR) is 146 cm³/mol. The number of aliphatic carboxylic acids is 1. The van der Waals surface area contributed by atoms with E-state index in [1.807, 2.05) is 75.7 Å². The van der Waals surface area contributed by atoms with Gasteiger partial charge in [0, 0.05) is 28.8 Å². The Morgan fingerprint density at radius 3 is 2.64 bits per heavy atom. The lowest BCUT2D eigenvalue weighted by Crippen LogP contribution is -2.23. The SMILES string of the molecule is Cc1cc2nc(-c3ccc4c(c3)ncn4C)sc2c(-c2ccc(Cl)cc2OC(C)(C)C)c1CC(=O)O. The quantitative estimate of drug-likeness (QED) is 0.264. The Kier molecular flexibility index (Phi) is 6.01. The smallest absolute Gasteiger partial charge is 0.307 e. The molecule has 36 heavy (non-hydrogen) atoms. The molecule has 0 fully saturated rings. The molecule has 0 amide bonds. The second-order valence-electron chi connectivity index (χ2n) is 9.90. The van der Waals surface area contributed by atoms with Crippen molar-refractivity contribution in [3.05, 3.63) is 64.9 Å². The van der Waals surface area contributed by atoms with Crippen molar-refractivity contribution >= 4 is 50.2 Å². The van der Waals surface area contributed by atoms with Crippen LogP contribution in [0.25, 0.3) is 42.9 Å². The number of ether oxygens (including phenoxy) is 1. The van der Waals surface area contributed by atoms with Crippen LogP contribution in [0.2, 0.25) is 5.02 Å². The monoisotopic (exact) mass is 519 g/mol. The highest BCUT2D eigenvalue weighted by Crippen LogP contribution is 2.45. The molecule has 0 aliphatic rings. The highest BCUT2D eigenvalue weighted by Gasteiger charge is 2.24. The molecule has 0 unspecified atom stereocenters. The number of aryl methyl sites for hydroxylation is 2. The summed E-state index contributed by atoms with van der Waals surface area (Å²) in [5.74, 6) is -0.283. The standard InChI is InChI=1S/C28H26ClN3O3S/c1-15-10-21-26(36-27(31-21)16-6-9-22-20(11-16)30-14-32(22)5)25(19(15)13-24(33)34)18-8-7-17(29)12-23(18)35-28(2,3)4/h6-12,14H,13H2,1-5H3,(H,33,34). The summed E-state index contributed by atoms with van der Waals surface area (Å²) in [4.78, 5) is 21.3. The van der Waals surface area contributed by atoms with Gasteiger partial charge in [-0.2, -0.15) is 0 Å². The van der Waals surface area contributed by atoms with E-state index in [0.717, 1.165) is 54.1 Å². The van der Waals surface area contributed by atoms with Crippen LogP contribution in [0.4, 0.5) is 0 Å². The van der Waals surface area contributed by atoms with E-state index in [0.29, 0.717) is 10.8 Å². The van der Waals surface area contributed by atoms with Crippen molar-refractivity contribution in [2.24, 2.45) is 7.05 Å². The van der Waals surface area contributed by atoms with Crippen LogP contribution in [0.3, 0.4) is 0 Å². The fourth-order valence-electron chi connectivity index (χ4n) is 4.41. The highest BCUT2D eigenvalue weighted by atomic mass is 35.5. The van der Waals surface area contributed by atoms with Crippen LogP contribution in [0.1, 0.15) is 31.9 Å². The van der Waals surface area contributed by atoms with Crippen LogP contribution in [0.15, 0.2) is 48.8 Å². The number of carboxylic acid groups (broad SMARTS) is 1. The third kappa shape index (κ3) is 4.56. The van der Waals surface area contributed by atoms with E-state index in [9.17, 15) is 9.90 Å². The van der Waals surface area contributed by atoms with E-state index in [-0.39, 0.29) is 6.42 Å². The molecule has 0 radical (unpaired) electrons. The summed E-state index contributed by atoms with van der Waals surface area (Å²) in [6.07, 6.45) is 1.69. The number of benzene rings is 3. The number of hydrogen-bond acceptors (Lipinski definition) is 5. The van der Waals surface area contributed by atoms with Crippen LogP contribution >= 0.6 is 22.9 Å². The lowest BCUT2D eigenvalue weighted by molar-refractivity contribution is -0.136. The molecule has 184 valence electrons. The first-order valence-corrected chi connectivity index (χ1v) is 12.7. The number of thiazole rings is 1. The fraction of sp³-hybridized carbons (Fsp3) is 0.250. The fourth-order valence-corrected chi connectivity index (χ4v) is 5.70. The number of carboxylic acids is 1. The number of halogens is 1. The van der Waals surface area contributed by atoms with Crippen molar-refractivity contribution < 1.29 is 14.6 Å². The van der Waals surface area contributed by atoms with Crippen LogP contribution in [0, 0.1) is 6.92 Å². The van der Waals surface area contributed by atoms with Crippen LogP contribution in [0.5, 0.6) is 5.75 Å². The van der Waals surface area contributed by atoms with E-state index in [1.165, 1.54) is 0 Å². The Morgan fingerprint density at radius 2 is 1.92 bits per heavy atom. The van der Waals surface area contributed by atoms with Crippen molar-refractivity contribution in [3.63, 3.8) is 0 Å². The maximum absolute atomic E-state index is 11.9. The molecule has 0 atom stereocenters. The number of rotatable bonds is 5. The van der Waals surface area contributed by atoms with Gasteiger partial charge in [-0.3, -0.25) is 4.79 Å². The predicted octanol–water partition coefficient (Wildman–Crippen LogP) is 7.28. The van der Waals surface area contributed by atoms with Crippen molar-refractivity contribution in [3.8, 4) is 27.4 Å². The van der Waals surface area contributed by atoms with E-state index in [2.05, 4.69) is 4.98 Å². The molecule has 0 bridgehead atoms. The number of carbonyl (C=O) groups is 1. The molecule has 6 nitrogen and oxygen atoms in total. The minimum absolute atomic E-state index is 0.109. The first-order chi connectivity index (χ1) is 17.0.